The Bertz CT molecular complexity index is 328. The number of carboxylic acid groups (broad SMARTS) is 1. The zero-order valence-corrected chi connectivity index (χ0v) is 11.4. The van der Waals surface area contributed by atoms with Crippen LogP contribution in [0, 0.1) is 0 Å². The van der Waals surface area contributed by atoms with Gasteiger partial charge in [0.2, 0.25) is 0 Å². The predicted octanol–water partition coefficient (Wildman–Crippen LogP) is 0.0325. The van der Waals surface area contributed by atoms with Crippen LogP contribution in [-0.2, 0) is 9.53 Å². The van der Waals surface area contributed by atoms with Gasteiger partial charge in [-0.05, 0) is 12.8 Å². The number of aliphatic hydroxyl groups excluding tert-OH is 1. The van der Waals surface area contributed by atoms with Gasteiger partial charge in [-0.2, -0.15) is 0 Å². The maximum Gasteiger partial charge on any atom is 0.329 e. The molecule has 0 aliphatic heterocycles. The first-order valence-corrected chi connectivity index (χ1v) is 6.35. The number of rotatable bonds is 6. The third-order valence-electron chi connectivity index (χ3n) is 3.40. The first-order chi connectivity index (χ1) is 8.91. The molecule has 0 aromatic heterocycles. The number of hydrogen-bond acceptors (Lipinski definition) is 4. The zero-order valence-electron chi connectivity index (χ0n) is 11.4. The van der Waals surface area contributed by atoms with Gasteiger partial charge in [-0.25, -0.2) is 9.59 Å². The number of likely N-dealkylation sites (N-methyl/N-ethyl adjacent to an activating group) is 1. The van der Waals surface area contributed by atoms with Crippen LogP contribution in [0.2, 0.25) is 0 Å². The van der Waals surface area contributed by atoms with Crippen LogP contribution in [0.1, 0.15) is 25.7 Å². The lowest BCUT2D eigenvalue weighted by atomic mass is 9.98. The molecular weight excluding hydrogens is 252 g/mol. The van der Waals surface area contributed by atoms with E-state index >= 15 is 0 Å². The van der Waals surface area contributed by atoms with Gasteiger partial charge in [-0.1, -0.05) is 12.8 Å². The summed E-state index contributed by atoms with van der Waals surface area (Å²) in [5, 5.41) is 21.4. The van der Waals surface area contributed by atoms with Crippen molar-refractivity contribution in [3.8, 4) is 0 Å². The normalized spacial score (nSPS) is 18.9. The number of nitrogens with one attached hydrogen (secondary N) is 1. The van der Waals surface area contributed by atoms with Gasteiger partial charge in [0.25, 0.3) is 0 Å². The molecule has 1 rings (SSSR count). The largest absolute Gasteiger partial charge is 0.480 e. The molecule has 0 bridgehead atoms. The Balaban J connectivity index is 2.55. The molecule has 7 heteroatoms. The topological polar surface area (TPSA) is 99.1 Å². The van der Waals surface area contributed by atoms with E-state index in [1.54, 1.807) is 0 Å². The fourth-order valence-electron chi connectivity index (χ4n) is 2.32. The number of carbonyl (C=O) groups is 2. The van der Waals surface area contributed by atoms with Gasteiger partial charge in [0.05, 0.1) is 19.3 Å². The number of carbonyl (C=O) groups excluding carboxylic acids is 1. The van der Waals surface area contributed by atoms with Gasteiger partial charge in [-0.15, -0.1) is 0 Å². The number of aliphatic hydroxyl groups is 1. The van der Waals surface area contributed by atoms with Crippen molar-refractivity contribution in [2.45, 2.75) is 37.3 Å². The molecule has 2 amide bonds. The molecule has 7 nitrogen and oxygen atoms in total. The third kappa shape index (κ3) is 4.07. The molecule has 1 saturated carbocycles. The molecule has 0 heterocycles. The molecule has 19 heavy (non-hydrogen) atoms. The third-order valence-corrected chi connectivity index (χ3v) is 3.40. The van der Waals surface area contributed by atoms with Crippen LogP contribution in [0.5, 0.6) is 0 Å². The Morgan fingerprint density at radius 1 is 1.42 bits per heavy atom. The lowest BCUT2D eigenvalue weighted by Crippen LogP contribution is -2.56. The minimum absolute atomic E-state index is 0.0926. The molecule has 0 radical (unpaired) electrons. The van der Waals surface area contributed by atoms with Crippen LogP contribution in [-0.4, -0.2) is 66.1 Å². The van der Waals surface area contributed by atoms with E-state index in [1.807, 2.05) is 0 Å². The molecule has 110 valence electrons. The molecule has 0 aromatic carbocycles. The lowest BCUT2D eigenvalue weighted by molar-refractivity contribution is -0.144. The van der Waals surface area contributed by atoms with Crippen molar-refractivity contribution in [2.75, 3.05) is 27.3 Å². The van der Waals surface area contributed by atoms with Crippen LogP contribution >= 0.6 is 0 Å². The second-order valence-corrected chi connectivity index (χ2v) is 5.01. The Labute approximate surface area is 112 Å². The monoisotopic (exact) mass is 274 g/mol. The minimum Gasteiger partial charge on any atom is -0.480 e. The van der Waals surface area contributed by atoms with Crippen molar-refractivity contribution >= 4 is 12.0 Å². The first-order valence-electron chi connectivity index (χ1n) is 6.35. The van der Waals surface area contributed by atoms with Gasteiger partial charge in [-0.3, -0.25) is 0 Å². The molecule has 0 saturated heterocycles. The fraction of sp³-hybridized carbons (Fsp3) is 0.833. The second-order valence-electron chi connectivity index (χ2n) is 5.01. The highest BCUT2D eigenvalue weighted by Crippen LogP contribution is 2.30. The molecule has 1 unspecified atom stereocenters. The number of nitrogens with zero attached hydrogens (tertiary/aromatic N) is 1. The number of methoxy groups -OCH3 is 1. The average molecular weight is 274 g/mol. The summed E-state index contributed by atoms with van der Waals surface area (Å²) in [6.07, 6.45) is 1.70. The highest BCUT2D eigenvalue weighted by atomic mass is 16.5. The smallest absolute Gasteiger partial charge is 0.329 e. The number of amides is 2. The number of aliphatic carboxylic acids is 1. The predicted molar refractivity (Wildman–Crippen MR) is 67.9 cm³/mol. The molecule has 1 fully saturated rings. The van der Waals surface area contributed by atoms with Crippen molar-refractivity contribution in [3.05, 3.63) is 0 Å². The van der Waals surface area contributed by atoms with E-state index in [0.717, 1.165) is 12.8 Å². The summed E-state index contributed by atoms with van der Waals surface area (Å²) in [5.74, 6) is -0.996. The van der Waals surface area contributed by atoms with Crippen molar-refractivity contribution in [3.63, 3.8) is 0 Å². The minimum atomic E-state index is -1.16. The highest BCUT2D eigenvalue weighted by molar-refractivity contribution is 5.86. The van der Waals surface area contributed by atoms with Crippen LogP contribution in [0.3, 0.4) is 0 Å². The van der Waals surface area contributed by atoms with E-state index in [2.05, 4.69) is 5.32 Å². The SMILES string of the molecule is COCC(O)CN(C)C(=O)NC1(C(=O)O)CCCC1. The van der Waals surface area contributed by atoms with E-state index in [9.17, 15) is 19.8 Å². The molecule has 1 atom stereocenters. The summed E-state index contributed by atoms with van der Waals surface area (Å²) in [7, 11) is 2.97. The van der Waals surface area contributed by atoms with Crippen molar-refractivity contribution in [1.82, 2.24) is 10.2 Å². The molecular formula is C12H22N2O5. The van der Waals surface area contributed by atoms with Crippen molar-refractivity contribution in [2.24, 2.45) is 0 Å². The summed E-state index contributed by atoms with van der Waals surface area (Å²) < 4.78 is 4.77. The van der Waals surface area contributed by atoms with Gasteiger partial charge in [0, 0.05) is 14.2 Å². The molecule has 0 spiro atoms. The Morgan fingerprint density at radius 2 is 2.00 bits per heavy atom. The van der Waals surface area contributed by atoms with Gasteiger partial charge < -0.3 is 25.2 Å². The van der Waals surface area contributed by atoms with E-state index < -0.39 is 23.6 Å². The Morgan fingerprint density at radius 3 is 2.47 bits per heavy atom. The number of hydrogen-bond donors (Lipinski definition) is 3. The van der Waals surface area contributed by atoms with E-state index in [1.165, 1.54) is 19.1 Å². The van der Waals surface area contributed by atoms with E-state index in [0.29, 0.717) is 12.8 Å². The summed E-state index contributed by atoms with van der Waals surface area (Å²) in [5.41, 5.74) is -1.16. The summed E-state index contributed by atoms with van der Waals surface area (Å²) in [6.45, 7) is 0.219. The molecule has 1 aliphatic carbocycles. The number of carboxylic acids is 1. The Kier molecular flexibility index (Phi) is 5.56. The second kappa shape index (κ2) is 6.72. The summed E-state index contributed by atoms with van der Waals surface area (Å²) >= 11 is 0. The lowest BCUT2D eigenvalue weighted by Gasteiger charge is -2.29. The molecule has 0 aromatic rings. The van der Waals surface area contributed by atoms with Gasteiger partial charge >= 0.3 is 12.0 Å². The number of ether oxygens (including phenoxy) is 1. The summed E-state index contributed by atoms with van der Waals surface area (Å²) in [6, 6.07) is -0.487. The summed E-state index contributed by atoms with van der Waals surface area (Å²) in [4.78, 5) is 24.5. The van der Waals surface area contributed by atoms with Crippen molar-refractivity contribution < 1.29 is 24.5 Å². The fourth-order valence-corrected chi connectivity index (χ4v) is 2.32. The average Bonchev–Trinajstić information content (AvgIpc) is 2.79. The first kappa shape index (κ1) is 15.7. The maximum atomic E-state index is 11.9. The van der Waals surface area contributed by atoms with Crippen LogP contribution < -0.4 is 5.32 Å². The van der Waals surface area contributed by atoms with E-state index in [-0.39, 0.29) is 13.2 Å². The number of urea groups is 1. The van der Waals surface area contributed by atoms with Crippen LogP contribution in [0.15, 0.2) is 0 Å². The van der Waals surface area contributed by atoms with Crippen molar-refractivity contribution in [1.29, 1.82) is 0 Å². The van der Waals surface area contributed by atoms with Gasteiger partial charge in [0.1, 0.15) is 5.54 Å². The van der Waals surface area contributed by atoms with Gasteiger partial charge in [0.15, 0.2) is 0 Å². The zero-order chi connectivity index (χ0) is 14.5. The van der Waals surface area contributed by atoms with Crippen LogP contribution in [0.25, 0.3) is 0 Å². The molecule has 3 N–H and O–H groups in total. The van der Waals surface area contributed by atoms with Crippen LogP contribution in [0.4, 0.5) is 4.79 Å². The maximum absolute atomic E-state index is 11.9. The standard InChI is InChI=1S/C12H22N2O5/c1-14(7-9(15)8-19-2)11(18)13-12(10(16)17)5-3-4-6-12/h9,15H,3-8H2,1-2H3,(H,13,18)(H,16,17). The highest BCUT2D eigenvalue weighted by Gasteiger charge is 2.43. The quantitative estimate of drug-likeness (QED) is 0.635. The van der Waals surface area contributed by atoms with E-state index in [4.69, 9.17) is 4.74 Å². The Hall–Kier alpha value is -1.34. The molecule has 1 aliphatic rings.